The molecule has 198 valence electrons. The highest BCUT2D eigenvalue weighted by Gasteiger charge is 2.40. The van der Waals surface area contributed by atoms with Gasteiger partial charge < -0.3 is 4.48 Å². The zero-order valence-electron chi connectivity index (χ0n) is 23.7. The normalized spacial score (nSPS) is 12.8. The van der Waals surface area contributed by atoms with Gasteiger partial charge in [0.25, 0.3) is 0 Å². The Hall–Kier alpha value is -3.16. The van der Waals surface area contributed by atoms with Crippen molar-refractivity contribution in [2.45, 2.75) is 63.8 Å². The lowest BCUT2D eigenvalue weighted by Crippen LogP contribution is -2.49. The van der Waals surface area contributed by atoms with Gasteiger partial charge in [-0.2, -0.15) is 0 Å². The second kappa shape index (κ2) is 13.6. The van der Waals surface area contributed by atoms with E-state index < -0.39 is 0 Å². The van der Waals surface area contributed by atoms with Gasteiger partial charge >= 0.3 is 0 Å². The summed E-state index contributed by atoms with van der Waals surface area (Å²) in [5.74, 6) is 0. The number of quaternary nitrogens is 1. The summed E-state index contributed by atoms with van der Waals surface area (Å²) in [5, 5.41) is 0. The maximum atomic E-state index is 2.53. The number of hydrogen-bond acceptors (Lipinski definition) is 0. The Morgan fingerprint density at radius 1 is 0.553 bits per heavy atom. The van der Waals surface area contributed by atoms with E-state index in [9.17, 15) is 0 Å². The van der Waals surface area contributed by atoms with Crippen LogP contribution in [0.3, 0.4) is 0 Å². The summed E-state index contributed by atoms with van der Waals surface area (Å²) in [6, 6.07) is 45.4. The Balaban J connectivity index is 1.85. The Bertz CT molecular complexity index is 1080. The third-order valence-corrected chi connectivity index (χ3v) is 8.57. The van der Waals surface area contributed by atoms with E-state index in [2.05, 4.69) is 142 Å². The second-order valence-corrected chi connectivity index (χ2v) is 11.1. The minimum absolute atomic E-state index is 0.211. The van der Waals surface area contributed by atoms with E-state index in [1.807, 2.05) is 0 Å². The minimum Gasteiger partial charge on any atom is -0.320 e. The first-order valence-electron chi connectivity index (χ1n) is 14.7. The number of benzene rings is 4. The molecule has 0 fully saturated rings. The molecule has 4 aromatic carbocycles. The van der Waals surface area contributed by atoms with Gasteiger partial charge in [0.1, 0.15) is 6.04 Å². The fourth-order valence-electron chi connectivity index (χ4n) is 6.43. The molecule has 0 amide bonds. The predicted molar refractivity (Wildman–Crippen MR) is 163 cm³/mol. The third kappa shape index (κ3) is 6.27. The zero-order valence-corrected chi connectivity index (χ0v) is 23.7. The maximum absolute atomic E-state index is 2.53. The number of rotatable bonds is 14. The smallest absolute Gasteiger partial charge is 0.114 e. The molecule has 1 unspecified atom stereocenters. The van der Waals surface area contributed by atoms with E-state index in [0.29, 0.717) is 6.04 Å². The first-order chi connectivity index (χ1) is 18.6. The van der Waals surface area contributed by atoms with E-state index in [0.717, 1.165) is 17.3 Å². The largest absolute Gasteiger partial charge is 0.320 e. The van der Waals surface area contributed by atoms with Crippen LogP contribution in [0.25, 0.3) is 0 Å². The highest BCUT2D eigenvalue weighted by atomic mass is 15.4. The lowest BCUT2D eigenvalue weighted by Gasteiger charge is -2.44. The van der Waals surface area contributed by atoms with Gasteiger partial charge in [-0.15, -0.1) is 0 Å². The van der Waals surface area contributed by atoms with Gasteiger partial charge in [0, 0.05) is 17.4 Å². The van der Waals surface area contributed by atoms with E-state index >= 15 is 0 Å². The van der Waals surface area contributed by atoms with Gasteiger partial charge in [-0.1, -0.05) is 148 Å². The maximum Gasteiger partial charge on any atom is 0.114 e. The van der Waals surface area contributed by atoms with E-state index in [-0.39, 0.29) is 5.41 Å². The molecule has 0 aliphatic rings. The first-order valence-corrected chi connectivity index (χ1v) is 14.7. The van der Waals surface area contributed by atoms with Gasteiger partial charge in [-0.05, 0) is 36.0 Å². The van der Waals surface area contributed by atoms with Crippen LogP contribution in [-0.2, 0) is 5.41 Å². The Morgan fingerprint density at radius 2 is 0.921 bits per heavy atom. The van der Waals surface area contributed by atoms with Gasteiger partial charge in [0.15, 0.2) is 0 Å². The molecule has 1 heteroatoms. The zero-order chi connectivity index (χ0) is 26.7. The van der Waals surface area contributed by atoms with Crippen molar-refractivity contribution in [3.05, 3.63) is 144 Å². The third-order valence-electron chi connectivity index (χ3n) is 8.57. The molecule has 0 spiro atoms. The number of hydrogen-bond donors (Lipinski definition) is 0. The molecule has 0 radical (unpaired) electrons. The monoisotopic (exact) mass is 504 g/mol. The van der Waals surface area contributed by atoms with Crippen LogP contribution in [0.4, 0.5) is 0 Å². The summed E-state index contributed by atoms with van der Waals surface area (Å²) in [5.41, 5.74) is 5.39. The van der Waals surface area contributed by atoms with Crippen LogP contribution in [-0.4, -0.2) is 24.6 Å². The van der Waals surface area contributed by atoms with Crippen molar-refractivity contribution in [3.63, 3.8) is 0 Å². The second-order valence-electron chi connectivity index (χ2n) is 11.1. The lowest BCUT2D eigenvalue weighted by atomic mass is 9.66. The number of nitrogens with zero attached hydrogens (tertiary/aromatic N) is 1. The fourth-order valence-corrected chi connectivity index (χ4v) is 6.43. The molecule has 0 bridgehead atoms. The van der Waals surface area contributed by atoms with Crippen LogP contribution in [0.15, 0.2) is 121 Å². The SMILES string of the molecule is CCCC[N+](C)(CCCC)C(CCC(c1ccccc1)(c1ccccc1)c1ccccc1)c1ccccc1. The van der Waals surface area contributed by atoms with Crippen molar-refractivity contribution < 1.29 is 4.48 Å². The minimum atomic E-state index is -0.211. The van der Waals surface area contributed by atoms with Crippen LogP contribution in [0.5, 0.6) is 0 Å². The molecule has 1 atom stereocenters. The summed E-state index contributed by atoms with van der Waals surface area (Å²) < 4.78 is 1.11. The van der Waals surface area contributed by atoms with Crippen molar-refractivity contribution in [2.24, 2.45) is 0 Å². The van der Waals surface area contributed by atoms with Crippen molar-refractivity contribution in [1.82, 2.24) is 0 Å². The molecule has 0 aliphatic carbocycles. The highest BCUT2D eigenvalue weighted by Crippen LogP contribution is 2.46. The molecule has 1 nitrogen and oxygen atoms in total. The Morgan fingerprint density at radius 3 is 1.29 bits per heavy atom. The van der Waals surface area contributed by atoms with Crippen molar-refractivity contribution in [2.75, 3.05) is 20.1 Å². The van der Waals surface area contributed by atoms with Gasteiger partial charge in [-0.3, -0.25) is 0 Å². The summed E-state index contributed by atoms with van der Waals surface area (Å²) in [4.78, 5) is 0. The molecule has 0 heterocycles. The average molecular weight is 505 g/mol. The van der Waals surface area contributed by atoms with E-state index in [1.165, 1.54) is 61.0 Å². The Labute approximate surface area is 231 Å². The van der Waals surface area contributed by atoms with Gasteiger partial charge in [0.05, 0.1) is 20.1 Å². The fraction of sp³-hybridized carbons (Fsp3) is 0.351. The molecular formula is C37H46N+. The van der Waals surface area contributed by atoms with Gasteiger partial charge in [-0.25, -0.2) is 0 Å². The molecule has 38 heavy (non-hydrogen) atoms. The molecule has 0 saturated carbocycles. The van der Waals surface area contributed by atoms with Gasteiger partial charge in [0.2, 0.25) is 0 Å². The molecule has 4 aromatic rings. The van der Waals surface area contributed by atoms with E-state index in [1.54, 1.807) is 0 Å². The summed E-state index contributed by atoms with van der Waals surface area (Å²) in [6.07, 6.45) is 7.19. The standard InChI is InChI=1S/C37H46N/c1-4-6-30-38(3,31-7-5-2)36(32-20-12-8-13-21-32)28-29-37(33-22-14-9-15-23-33,34-24-16-10-17-25-34)35-26-18-11-19-27-35/h8-27,36H,4-7,28-31H2,1-3H3/q+1. The van der Waals surface area contributed by atoms with E-state index in [4.69, 9.17) is 0 Å². The number of unbranched alkanes of at least 4 members (excludes halogenated alkanes) is 2. The Kier molecular flexibility index (Phi) is 9.96. The van der Waals surface area contributed by atoms with Crippen molar-refractivity contribution in [1.29, 1.82) is 0 Å². The molecule has 0 aromatic heterocycles. The molecule has 0 aliphatic heterocycles. The summed E-state index contributed by atoms with van der Waals surface area (Å²) >= 11 is 0. The first kappa shape index (κ1) is 27.9. The van der Waals surface area contributed by atoms with Crippen LogP contribution in [0, 0.1) is 0 Å². The molecule has 0 N–H and O–H groups in total. The van der Waals surface area contributed by atoms with Crippen molar-refractivity contribution in [3.8, 4) is 0 Å². The highest BCUT2D eigenvalue weighted by molar-refractivity contribution is 5.50. The summed E-state index contributed by atoms with van der Waals surface area (Å²) in [6.45, 7) is 7.11. The quantitative estimate of drug-likeness (QED) is 0.118. The van der Waals surface area contributed by atoms with Crippen molar-refractivity contribution >= 4 is 0 Å². The topological polar surface area (TPSA) is 0 Å². The lowest BCUT2D eigenvalue weighted by molar-refractivity contribution is -0.940. The molecule has 0 saturated heterocycles. The summed E-state index contributed by atoms with van der Waals surface area (Å²) in [7, 11) is 2.53. The average Bonchev–Trinajstić information content (AvgIpc) is 2.99. The van der Waals surface area contributed by atoms with Crippen LogP contribution < -0.4 is 0 Å². The van der Waals surface area contributed by atoms with Crippen LogP contribution in [0.2, 0.25) is 0 Å². The van der Waals surface area contributed by atoms with Crippen LogP contribution in [0.1, 0.15) is 80.7 Å². The molecular weight excluding hydrogens is 458 g/mol. The molecule has 4 rings (SSSR count). The van der Waals surface area contributed by atoms with Crippen LogP contribution >= 0.6 is 0 Å². The predicted octanol–water partition coefficient (Wildman–Crippen LogP) is 9.59.